The summed E-state index contributed by atoms with van der Waals surface area (Å²) < 4.78 is 6.43. The number of hydrogen-bond acceptors (Lipinski definition) is 3. The van der Waals surface area contributed by atoms with Crippen molar-refractivity contribution in [2.24, 2.45) is 0 Å². The fourth-order valence-corrected chi connectivity index (χ4v) is 4.11. The number of benzene rings is 3. The van der Waals surface area contributed by atoms with Gasteiger partial charge in [-0.1, -0.05) is 81.6 Å². The average molecular weight is 488 g/mol. The van der Waals surface area contributed by atoms with E-state index < -0.39 is 5.97 Å². The monoisotopic (exact) mass is 487 g/mol. The van der Waals surface area contributed by atoms with Gasteiger partial charge in [0.15, 0.2) is 0 Å². The van der Waals surface area contributed by atoms with Crippen LogP contribution in [-0.2, 0) is 11.2 Å². The van der Waals surface area contributed by atoms with Crippen molar-refractivity contribution in [2.45, 2.75) is 64.9 Å². The summed E-state index contributed by atoms with van der Waals surface area (Å²) in [7, 11) is 0. The van der Waals surface area contributed by atoms with Gasteiger partial charge in [0.25, 0.3) is 5.91 Å². The number of carbonyl (C=O) groups excluding carboxylic acids is 1. The number of aryl methyl sites for hydroxylation is 1. The van der Waals surface area contributed by atoms with Crippen molar-refractivity contribution in [3.63, 3.8) is 0 Å². The highest BCUT2D eigenvalue weighted by Gasteiger charge is 2.15. The van der Waals surface area contributed by atoms with Crippen LogP contribution in [0.4, 0.5) is 0 Å². The molecule has 3 aromatic rings. The van der Waals surface area contributed by atoms with E-state index in [-0.39, 0.29) is 25.0 Å². The number of nitrogens with one attached hydrogen (secondary N) is 1. The summed E-state index contributed by atoms with van der Waals surface area (Å²) in [5.41, 5.74) is 5.20. The second kappa shape index (κ2) is 14.1. The van der Waals surface area contributed by atoms with Crippen molar-refractivity contribution < 1.29 is 19.4 Å². The van der Waals surface area contributed by atoms with E-state index in [1.54, 1.807) is 12.1 Å². The van der Waals surface area contributed by atoms with Crippen molar-refractivity contribution in [1.82, 2.24) is 5.32 Å². The molecule has 0 heterocycles. The van der Waals surface area contributed by atoms with Crippen molar-refractivity contribution in [1.29, 1.82) is 0 Å². The van der Waals surface area contributed by atoms with Crippen LogP contribution in [0.15, 0.2) is 72.8 Å². The smallest absolute Gasteiger partial charge is 0.305 e. The number of carbonyl (C=O) groups is 2. The van der Waals surface area contributed by atoms with Crippen LogP contribution in [0.2, 0.25) is 0 Å². The van der Waals surface area contributed by atoms with Crippen molar-refractivity contribution in [3.8, 4) is 16.9 Å². The number of hydrogen-bond donors (Lipinski definition) is 2. The van der Waals surface area contributed by atoms with E-state index in [1.807, 2.05) is 24.3 Å². The maximum Gasteiger partial charge on any atom is 0.305 e. The quantitative estimate of drug-likeness (QED) is 0.236. The van der Waals surface area contributed by atoms with Gasteiger partial charge in [0.2, 0.25) is 0 Å². The lowest BCUT2D eigenvalue weighted by Gasteiger charge is -2.20. The van der Waals surface area contributed by atoms with Gasteiger partial charge in [0, 0.05) is 12.1 Å². The fraction of sp³-hybridized carbons (Fsp3) is 0.355. The molecule has 0 aliphatic rings. The Kier molecular flexibility index (Phi) is 10.6. The lowest BCUT2D eigenvalue weighted by molar-refractivity contribution is -0.136. The molecule has 0 saturated carbocycles. The fourth-order valence-electron chi connectivity index (χ4n) is 4.11. The van der Waals surface area contributed by atoms with E-state index in [9.17, 15) is 9.59 Å². The Labute approximate surface area is 214 Å². The summed E-state index contributed by atoms with van der Waals surface area (Å²) in [5.74, 6) is -0.387. The van der Waals surface area contributed by atoms with Crippen LogP contribution < -0.4 is 10.1 Å². The lowest BCUT2D eigenvalue weighted by atomic mass is 10.0. The van der Waals surface area contributed by atoms with E-state index >= 15 is 0 Å². The molecule has 1 unspecified atom stereocenters. The SMILES string of the molecule is CCCCCCC(Oc1ccc(-c2ccc(CC)cc2)cc1)c1ccc(C(=O)NCCC(=O)O)cc1. The molecule has 0 spiro atoms. The van der Waals surface area contributed by atoms with Crippen molar-refractivity contribution in [3.05, 3.63) is 89.5 Å². The minimum Gasteiger partial charge on any atom is -0.486 e. The standard InChI is InChI=1S/C31H37NO4/c1-3-5-6-7-8-29(26-13-15-27(16-14-26)31(35)32-22-21-30(33)34)36-28-19-17-25(18-20-28)24-11-9-23(4-2)10-12-24/h9-20,29H,3-8,21-22H2,1-2H3,(H,32,35)(H,33,34). The Morgan fingerprint density at radius 2 is 1.47 bits per heavy atom. The molecule has 0 fully saturated rings. The van der Waals surface area contributed by atoms with Crippen molar-refractivity contribution in [2.75, 3.05) is 6.54 Å². The Morgan fingerprint density at radius 3 is 2.06 bits per heavy atom. The summed E-state index contributed by atoms with van der Waals surface area (Å²) in [5, 5.41) is 11.4. The van der Waals surface area contributed by atoms with Crippen LogP contribution in [0.3, 0.4) is 0 Å². The highest BCUT2D eigenvalue weighted by Crippen LogP contribution is 2.29. The van der Waals surface area contributed by atoms with Gasteiger partial charge >= 0.3 is 5.97 Å². The lowest BCUT2D eigenvalue weighted by Crippen LogP contribution is -2.26. The summed E-state index contributed by atoms with van der Waals surface area (Å²) in [4.78, 5) is 23.0. The number of unbranched alkanes of at least 4 members (excludes halogenated alkanes) is 3. The number of rotatable bonds is 14. The molecule has 0 aliphatic heterocycles. The molecule has 5 nitrogen and oxygen atoms in total. The van der Waals surface area contributed by atoms with Crippen LogP contribution >= 0.6 is 0 Å². The van der Waals surface area contributed by atoms with Gasteiger partial charge in [0.05, 0.1) is 6.42 Å². The molecule has 2 N–H and O–H groups in total. The molecule has 3 rings (SSSR count). The molecule has 1 atom stereocenters. The molecule has 0 aliphatic carbocycles. The van der Waals surface area contributed by atoms with Gasteiger partial charge in [-0.25, -0.2) is 0 Å². The number of aliphatic carboxylic acids is 1. The largest absolute Gasteiger partial charge is 0.486 e. The molecular weight excluding hydrogens is 450 g/mol. The zero-order valence-corrected chi connectivity index (χ0v) is 21.3. The van der Waals surface area contributed by atoms with E-state index in [1.165, 1.54) is 24.0 Å². The molecule has 0 radical (unpaired) electrons. The average Bonchev–Trinajstić information content (AvgIpc) is 2.90. The molecule has 5 heteroatoms. The first-order valence-corrected chi connectivity index (χ1v) is 13.0. The third-order valence-electron chi connectivity index (χ3n) is 6.32. The molecule has 0 bridgehead atoms. The third kappa shape index (κ3) is 8.26. The maximum atomic E-state index is 12.3. The van der Waals surface area contributed by atoms with E-state index in [4.69, 9.17) is 9.84 Å². The van der Waals surface area contributed by atoms with Crippen LogP contribution in [-0.4, -0.2) is 23.5 Å². The second-order valence-corrected chi connectivity index (χ2v) is 9.05. The highest BCUT2D eigenvalue weighted by atomic mass is 16.5. The number of amides is 1. The number of ether oxygens (including phenoxy) is 1. The first-order valence-electron chi connectivity index (χ1n) is 13.0. The number of carboxylic acids is 1. The summed E-state index contributed by atoms with van der Waals surface area (Å²) >= 11 is 0. The third-order valence-corrected chi connectivity index (χ3v) is 6.32. The Hall–Kier alpha value is -3.60. The first kappa shape index (κ1) is 27.0. The minimum absolute atomic E-state index is 0.0969. The Balaban J connectivity index is 1.69. The zero-order chi connectivity index (χ0) is 25.8. The predicted octanol–water partition coefficient (Wildman–Crippen LogP) is 7.21. The maximum absolute atomic E-state index is 12.3. The molecule has 3 aromatic carbocycles. The second-order valence-electron chi connectivity index (χ2n) is 9.05. The van der Waals surface area contributed by atoms with Gasteiger partial charge in [0.1, 0.15) is 11.9 Å². The molecular formula is C31H37NO4. The summed E-state index contributed by atoms with van der Waals surface area (Å²) in [6.45, 7) is 4.47. The minimum atomic E-state index is -0.934. The molecule has 36 heavy (non-hydrogen) atoms. The topological polar surface area (TPSA) is 75.6 Å². The van der Waals surface area contributed by atoms with Crippen LogP contribution in [0, 0.1) is 0 Å². The van der Waals surface area contributed by atoms with E-state index in [0.717, 1.165) is 42.6 Å². The number of carboxylic acid groups (broad SMARTS) is 1. The Bertz CT molecular complexity index is 1090. The van der Waals surface area contributed by atoms with E-state index in [2.05, 4.69) is 55.6 Å². The van der Waals surface area contributed by atoms with Gasteiger partial charge in [-0.05, 0) is 65.8 Å². The van der Waals surface area contributed by atoms with Gasteiger partial charge in [-0.2, -0.15) is 0 Å². The molecule has 0 saturated heterocycles. The normalized spacial score (nSPS) is 11.6. The predicted molar refractivity (Wildman–Crippen MR) is 144 cm³/mol. The van der Waals surface area contributed by atoms with Crippen LogP contribution in [0.25, 0.3) is 11.1 Å². The van der Waals surface area contributed by atoms with Gasteiger partial charge in [-0.15, -0.1) is 0 Å². The highest BCUT2D eigenvalue weighted by molar-refractivity contribution is 5.94. The molecule has 0 aromatic heterocycles. The van der Waals surface area contributed by atoms with Gasteiger partial charge in [-0.3, -0.25) is 9.59 Å². The zero-order valence-electron chi connectivity index (χ0n) is 21.3. The first-order chi connectivity index (χ1) is 17.5. The van der Waals surface area contributed by atoms with Crippen LogP contribution in [0.5, 0.6) is 5.75 Å². The van der Waals surface area contributed by atoms with Crippen molar-refractivity contribution >= 4 is 11.9 Å². The molecule has 190 valence electrons. The Morgan fingerprint density at radius 1 is 0.833 bits per heavy atom. The van der Waals surface area contributed by atoms with Crippen LogP contribution in [0.1, 0.15) is 80.0 Å². The molecule has 1 amide bonds. The summed E-state index contributed by atoms with van der Waals surface area (Å²) in [6, 6.07) is 24.3. The van der Waals surface area contributed by atoms with Gasteiger partial charge < -0.3 is 15.2 Å². The van der Waals surface area contributed by atoms with E-state index in [0.29, 0.717) is 5.56 Å². The summed E-state index contributed by atoms with van der Waals surface area (Å²) in [6.07, 6.45) is 6.32.